The van der Waals surface area contributed by atoms with E-state index < -0.39 is 0 Å². The summed E-state index contributed by atoms with van der Waals surface area (Å²) in [4.78, 5) is 0. The largest absolute Gasteiger partial charge is 0.317 e. The van der Waals surface area contributed by atoms with Crippen molar-refractivity contribution in [2.45, 2.75) is 25.3 Å². The van der Waals surface area contributed by atoms with Crippen LogP contribution in [0.4, 0.5) is 0 Å². The monoisotopic (exact) mass is 242 g/mol. The van der Waals surface area contributed by atoms with Gasteiger partial charge in [-0.1, -0.05) is 35.5 Å². The van der Waals surface area contributed by atoms with Gasteiger partial charge in [0, 0.05) is 12.6 Å². The van der Waals surface area contributed by atoms with Gasteiger partial charge in [-0.25, -0.2) is 4.68 Å². The topological polar surface area (TPSA) is 42.7 Å². The highest BCUT2D eigenvalue weighted by Gasteiger charge is 2.16. The van der Waals surface area contributed by atoms with Crippen LogP contribution >= 0.6 is 0 Å². The lowest BCUT2D eigenvalue weighted by atomic mass is 10.1. The Hall–Kier alpha value is -1.68. The predicted molar refractivity (Wildman–Crippen MR) is 70.4 cm³/mol. The number of nitrogens with one attached hydrogen (secondary N) is 1. The standard InChI is InChI=1S/C14H18N4/c1-2-4-12(5-3-1)10-13-11-18(17-16-13)14-6-8-15-9-7-14/h1-5,11,14-15H,6-10H2. The summed E-state index contributed by atoms with van der Waals surface area (Å²) in [6.07, 6.45) is 5.26. The van der Waals surface area contributed by atoms with Crippen LogP contribution in [0.15, 0.2) is 36.5 Å². The van der Waals surface area contributed by atoms with Gasteiger partial charge in [0.2, 0.25) is 0 Å². The van der Waals surface area contributed by atoms with E-state index in [2.05, 4.69) is 46.1 Å². The van der Waals surface area contributed by atoms with Crippen molar-refractivity contribution >= 4 is 0 Å². The Bertz CT molecular complexity index is 486. The van der Waals surface area contributed by atoms with E-state index in [0.717, 1.165) is 38.0 Å². The summed E-state index contributed by atoms with van der Waals surface area (Å²) in [7, 11) is 0. The SMILES string of the molecule is c1ccc(Cc2cn(C3CCNCC3)nn2)cc1. The molecule has 1 aromatic heterocycles. The van der Waals surface area contributed by atoms with E-state index in [4.69, 9.17) is 0 Å². The average Bonchev–Trinajstić information content (AvgIpc) is 2.89. The Balaban J connectivity index is 1.69. The highest BCUT2D eigenvalue weighted by Crippen LogP contribution is 2.17. The summed E-state index contributed by atoms with van der Waals surface area (Å²) in [6, 6.07) is 10.9. The van der Waals surface area contributed by atoms with Gasteiger partial charge in [-0.3, -0.25) is 0 Å². The smallest absolute Gasteiger partial charge is 0.0870 e. The molecule has 0 unspecified atom stereocenters. The first-order valence-corrected chi connectivity index (χ1v) is 6.57. The number of piperidine rings is 1. The van der Waals surface area contributed by atoms with Crippen LogP contribution < -0.4 is 5.32 Å². The summed E-state index contributed by atoms with van der Waals surface area (Å²) < 4.78 is 2.04. The van der Waals surface area contributed by atoms with Crippen molar-refractivity contribution in [1.29, 1.82) is 0 Å². The Morgan fingerprint density at radius 1 is 1.17 bits per heavy atom. The lowest BCUT2D eigenvalue weighted by Gasteiger charge is -2.22. The first kappa shape index (κ1) is 11.4. The maximum Gasteiger partial charge on any atom is 0.0870 e. The molecule has 2 aromatic rings. The van der Waals surface area contributed by atoms with Crippen LogP contribution in [0.2, 0.25) is 0 Å². The molecule has 0 aliphatic carbocycles. The minimum absolute atomic E-state index is 0.517. The van der Waals surface area contributed by atoms with E-state index in [0.29, 0.717) is 6.04 Å². The van der Waals surface area contributed by atoms with Crippen molar-refractivity contribution in [3.63, 3.8) is 0 Å². The third-order valence-electron chi connectivity index (χ3n) is 3.47. The van der Waals surface area contributed by atoms with Gasteiger partial charge in [0.05, 0.1) is 11.7 Å². The van der Waals surface area contributed by atoms with Crippen LogP contribution in [0.3, 0.4) is 0 Å². The fourth-order valence-corrected chi connectivity index (χ4v) is 2.45. The summed E-state index contributed by atoms with van der Waals surface area (Å²) in [5, 5.41) is 11.9. The second kappa shape index (κ2) is 5.31. The van der Waals surface area contributed by atoms with Crippen LogP contribution in [-0.2, 0) is 6.42 Å². The van der Waals surface area contributed by atoms with Gasteiger partial charge in [-0.05, 0) is 31.5 Å². The molecule has 0 amide bonds. The molecule has 1 aliphatic heterocycles. The van der Waals surface area contributed by atoms with E-state index >= 15 is 0 Å². The number of hydrogen-bond donors (Lipinski definition) is 1. The van der Waals surface area contributed by atoms with E-state index in [-0.39, 0.29) is 0 Å². The Morgan fingerprint density at radius 3 is 2.72 bits per heavy atom. The molecular weight excluding hydrogens is 224 g/mol. The van der Waals surface area contributed by atoms with Crippen molar-refractivity contribution in [2.24, 2.45) is 0 Å². The van der Waals surface area contributed by atoms with Crippen molar-refractivity contribution in [1.82, 2.24) is 20.3 Å². The normalized spacial score (nSPS) is 16.9. The number of hydrogen-bond acceptors (Lipinski definition) is 3. The van der Waals surface area contributed by atoms with Crippen molar-refractivity contribution in [2.75, 3.05) is 13.1 Å². The van der Waals surface area contributed by atoms with Crippen LogP contribution in [0.25, 0.3) is 0 Å². The first-order chi connectivity index (χ1) is 8.92. The molecule has 0 spiro atoms. The summed E-state index contributed by atoms with van der Waals surface area (Å²) in [6.45, 7) is 2.16. The highest BCUT2D eigenvalue weighted by molar-refractivity contribution is 5.19. The molecule has 1 fully saturated rings. The predicted octanol–water partition coefficient (Wildman–Crippen LogP) is 1.79. The molecule has 0 radical (unpaired) electrons. The quantitative estimate of drug-likeness (QED) is 0.892. The second-order valence-electron chi connectivity index (χ2n) is 4.83. The maximum absolute atomic E-state index is 4.28. The van der Waals surface area contributed by atoms with Gasteiger partial charge in [-0.2, -0.15) is 0 Å². The van der Waals surface area contributed by atoms with Gasteiger partial charge in [-0.15, -0.1) is 5.10 Å². The molecule has 0 saturated carbocycles. The maximum atomic E-state index is 4.28. The number of benzene rings is 1. The van der Waals surface area contributed by atoms with Crippen molar-refractivity contribution in [3.05, 3.63) is 47.8 Å². The average molecular weight is 242 g/mol. The minimum atomic E-state index is 0.517. The van der Waals surface area contributed by atoms with Crippen LogP contribution in [-0.4, -0.2) is 28.1 Å². The fraction of sp³-hybridized carbons (Fsp3) is 0.429. The first-order valence-electron chi connectivity index (χ1n) is 6.57. The third kappa shape index (κ3) is 2.59. The van der Waals surface area contributed by atoms with Crippen LogP contribution in [0, 0.1) is 0 Å². The van der Waals surface area contributed by atoms with Gasteiger partial charge in [0.15, 0.2) is 0 Å². The summed E-state index contributed by atoms with van der Waals surface area (Å²) in [5.41, 5.74) is 2.34. The summed E-state index contributed by atoms with van der Waals surface area (Å²) in [5.74, 6) is 0. The van der Waals surface area contributed by atoms with Crippen LogP contribution in [0.5, 0.6) is 0 Å². The zero-order valence-corrected chi connectivity index (χ0v) is 10.4. The Labute approximate surface area is 107 Å². The van der Waals surface area contributed by atoms with Gasteiger partial charge >= 0.3 is 0 Å². The molecular formula is C14H18N4. The molecule has 2 heterocycles. The van der Waals surface area contributed by atoms with Crippen molar-refractivity contribution < 1.29 is 0 Å². The highest BCUT2D eigenvalue weighted by atomic mass is 15.4. The Morgan fingerprint density at radius 2 is 1.94 bits per heavy atom. The zero-order chi connectivity index (χ0) is 12.2. The van der Waals surface area contributed by atoms with Gasteiger partial charge in [0.1, 0.15) is 0 Å². The van der Waals surface area contributed by atoms with E-state index in [1.54, 1.807) is 0 Å². The summed E-state index contributed by atoms with van der Waals surface area (Å²) >= 11 is 0. The van der Waals surface area contributed by atoms with Crippen molar-refractivity contribution in [3.8, 4) is 0 Å². The second-order valence-corrected chi connectivity index (χ2v) is 4.83. The molecule has 1 N–H and O–H groups in total. The lowest BCUT2D eigenvalue weighted by molar-refractivity contribution is 0.337. The molecule has 1 aliphatic rings. The number of aromatic nitrogens is 3. The molecule has 3 rings (SSSR count). The van der Waals surface area contributed by atoms with E-state index in [1.807, 2.05) is 10.7 Å². The van der Waals surface area contributed by atoms with Crippen LogP contribution in [0.1, 0.15) is 30.1 Å². The lowest BCUT2D eigenvalue weighted by Crippen LogP contribution is -2.29. The van der Waals surface area contributed by atoms with Gasteiger partial charge < -0.3 is 5.32 Å². The number of nitrogens with zero attached hydrogens (tertiary/aromatic N) is 3. The number of rotatable bonds is 3. The molecule has 4 heteroatoms. The zero-order valence-electron chi connectivity index (χ0n) is 10.4. The molecule has 1 saturated heterocycles. The molecule has 1 aromatic carbocycles. The van der Waals surface area contributed by atoms with E-state index in [9.17, 15) is 0 Å². The molecule has 0 bridgehead atoms. The minimum Gasteiger partial charge on any atom is -0.317 e. The fourth-order valence-electron chi connectivity index (χ4n) is 2.45. The third-order valence-corrected chi connectivity index (χ3v) is 3.47. The molecule has 0 atom stereocenters. The Kier molecular flexibility index (Phi) is 3.37. The van der Waals surface area contributed by atoms with Gasteiger partial charge in [0.25, 0.3) is 0 Å². The molecule has 4 nitrogen and oxygen atoms in total. The molecule has 94 valence electrons. The molecule has 18 heavy (non-hydrogen) atoms. The van der Waals surface area contributed by atoms with E-state index in [1.165, 1.54) is 5.56 Å².